The van der Waals surface area contributed by atoms with Crippen LogP contribution in [-0.2, 0) is 17.6 Å². The maximum atomic E-state index is 10.4. The Morgan fingerprint density at radius 2 is 1.38 bits per heavy atom. The molecule has 2 rings (SSSR count). The number of phenolic OH excluding ortho intramolecular Hbond substituents is 1. The van der Waals surface area contributed by atoms with E-state index < -0.39 is 5.97 Å². The molecule has 0 fully saturated rings. The van der Waals surface area contributed by atoms with Crippen LogP contribution in [0.1, 0.15) is 47.2 Å². The average molecular weight is 358 g/mol. The van der Waals surface area contributed by atoms with E-state index in [2.05, 4.69) is 0 Å². The van der Waals surface area contributed by atoms with Crippen LogP contribution in [0.25, 0.3) is 0 Å². The summed E-state index contributed by atoms with van der Waals surface area (Å²) in [6.07, 6.45) is 1.74. The Balaban J connectivity index is 0.000000273. The summed E-state index contributed by atoms with van der Waals surface area (Å²) in [5.41, 5.74) is 6.47. The molecule has 0 atom stereocenters. The van der Waals surface area contributed by atoms with Crippen molar-refractivity contribution in [2.75, 3.05) is 6.61 Å². The van der Waals surface area contributed by atoms with Gasteiger partial charge in [-0.2, -0.15) is 0 Å². The van der Waals surface area contributed by atoms with Crippen LogP contribution in [0.3, 0.4) is 0 Å². The maximum Gasteiger partial charge on any atom is 0.341 e. The van der Waals surface area contributed by atoms with Crippen molar-refractivity contribution in [1.29, 1.82) is 0 Å². The summed E-state index contributed by atoms with van der Waals surface area (Å²) in [6, 6.07) is 8.05. The van der Waals surface area contributed by atoms with Crippen molar-refractivity contribution < 1.29 is 19.7 Å². The van der Waals surface area contributed by atoms with Crippen LogP contribution in [0, 0.1) is 27.7 Å². The minimum Gasteiger partial charge on any atom is -0.507 e. The molecule has 0 unspecified atom stereocenters. The van der Waals surface area contributed by atoms with Crippen molar-refractivity contribution in [3.8, 4) is 11.5 Å². The standard InChI is InChI=1S/C12H16O3.C10H14O/c1-4-10-6-8(2)5-9(3)12(10)15-7-11(13)14;1-4-9-6-7(2)5-8(3)10(9)11/h5-6H,4,7H2,1-3H3,(H,13,14);5-6,11H,4H2,1-3H3. The van der Waals surface area contributed by atoms with E-state index in [0.717, 1.165) is 35.1 Å². The number of aliphatic carboxylic acids is 1. The molecule has 0 aliphatic carbocycles. The van der Waals surface area contributed by atoms with Gasteiger partial charge in [-0.3, -0.25) is 0 Å². The molecule has 0 aliphatic rings. The van der Waals surface area contributed by atoms with E-state index in [9.17, 15) is 9.90 Å². The van der Waals surface area contributed by atoms with Crippen LogP contribution >= 0.6 is 0 Å². The van der Waals surface area contributed by atoms with Crippen LogP contribution in [0.15, 0.2) is 24.3 Å². The molecule has 0 heterocycles. The lowest BCUT2D eigenvalue weighted by Crippen LogP contribution is -2.11. The molecule has 0 spiro atoms. The molecule has 4 nitrogen and oxygen atoms in total. The molecule has 0 aromatic heterocycles. The van der Waals surface area contributed by atoms with Crippen LogP contribution < -0.4 is 4.74 Å². The predicted molar refractivity (Wildman–Crippen MR) is 105 cm³/mol. The van der Waals surface area contributed by atoms with Gasteiger partial charge >= 0.3 is 5.97 Å². The number of hydrogen-bond donors (Lipinski definition) is 2. The summed E-state index contributed by atoms with van der Waals surface area (Å²) >= 11 is 0. The Bertz CT molecular complexity index is 763. The van der Waals surface area contributed by atoms with Gasteiger partial charge in [0.25, 0.3) is 0 Å². The van der Waals surface area contributed by atoms with Gasteiger partial charge in [0.15, 0.2) is 6.61 Å². The summed E-state index contributed by atoms with van der Waals surface area (Å²) in [5, 5.41) is 18.1. The zero-order chi connectivity index (χ0) is 19.9. The topological polar surface area (TPSA) is 66.8 Å². The van der Waals surface area contributed by atoms with Crippen molar-refractivity contribution >= 4 is 5.97 Å². The van der Waals surface area contributed by atoms with Gasteiger partial charge in [-0.25, -0.2) is 4.79 Å². The highest BCUT2D eigenvalue weighted by Gasteiger charge is 2.08. The summed E-state index contributed by atoms with van der Waals surface area (Å²) in [7, 11) is 0. The third-order valence-corrected chi connectivity index (χ3v) is 4.12. The highest BCUT2D eigenvalue weighted by atomic mass is 16.5. The van der Waals surface area contributed by atoms with Gasteiger partial charge in [0.05, 0.1) is 0 Å². The fourth-order valence-corrected chi connectivity index (χ4v) is 2.96. The number of aromatic hydroxyl groups is 1. The van der Waals surface area contributed by atoms with Crippen LogP contribution in [0.2, 0.25) is 0 Å². The number of rotatable bonds is 5. The highest BCUT2D eigenvalue weighted by Crippen LogP contribution is 2.26. The van der Waals surface area contributed by atoms with E-state index in [-0.39, 0.29) is 6.61 Å². The van der Waals surface area contributed by atoms with Crippen molar-refractivity contribution in [1.82, 2.24) is 0 Å². The third-order valence-electron chi connectivity index (χ3n) is 4.12. The van der Waals surface area contributed by atoms with E-state index in [1.165, 1.54) is 11.1 Å². The van der Waals surface area contributed by atoms with Crippen molar-refractivity contribution in [3.63, 3.8) is 0 Å². The first-order valence-electron chi connectivity index (χ1n) is 8.93. The summed E-state index contributed by atoms with van der Waals surface area (Å²) in [4.78, 5) is 10.4. The average Bonchev–Trinajstić information content (AvgIpc) is 2.56. The summed E-state index contributed by atoms with van der Waals surface area (Å²) in [5.74, 6) is 0.223. The van der Waals surface area contributed by atoms with Crippen molar-refractivity contribution in [3.05, 3.63) is 57.6 Å². The van der Waals surface area contributed by atoms with Crippen molar-refractivity contribution in [2.24, 2.45) is 0 Å². The van der Waals surface area contributed by atoms with Gasteiger partial charge < -0.3 is 14.9 Å². The lowest BCUT2D eigenvalue weighted by Gasteiger charge is -2.12. The lowest BCUT2D eigenvalue weighted by atomic mass is 10.0. The summed E-state index contributed by atoms with van der Waals surface area (Å²) in [6.45, 7) is 11.7. The number of hydrogen-bond acceptors (Lipinski definition) is 3. The Morgan fingerprint density at radius 1 is 0.885 bits per heavy atom. The van der Waals surface area contributed by atoms with Crippen molar-refractivity contribution in [2.45, 2.75) is 54.4 Å². The molecule has 0 bridgehead atoms. The fourth-order valence-electron chi connectivity index (χ4n) is 2.96. The van der Waals surface area contributed by atoms with E-state index >= 15 is 0 Å². The van der Waals surface area contributed by atoms with Crippen LogP contribution in [0.4, 0.5) is 0 Å². The lowest BCUT2D eigenvalue weighted by molar-refractivity contribution is -0.139. The number of carboxylic acids is 1. The van der Waals surface area contributed by atoms with Gasteiger partial charge in [-0.05, 0) is 62.8 Å². The second kappa shape index (κ2) is 9.85. The molecule has 2 aromatic carbocycles. The Labute approximate surface area is 156 Å². The molecule has 0 saturated carbocycles. The number of ether oxygens (including phenoxy) is 1. The minimum atomic E-state index is -0.947. The Kier molecular flexibility index (Phi) is 8.17. The van der Waals surface area contributed by atoms with Gasteiger partial charge in [0.1, 0.15) is 11.5 Å². The zero-order valence-electron chi connectivity index (χ0n) is 16.6. The molecular weight excluding hydrogens is 328 g/mol. The molecule has 2 N–H and O–H groups in total. The molecule has 0 aliphatic heterocycles. The fraction of sp³-hybridized carbons (Fsp3) is 0.409. The number of carbonyl (C=O) groups is 1. The van der Waals surface area contributed by atoms with E-state index in [0.29, 0.717) is 11.5 Å². The van der Waals surface area contributed by atoms with Gasteiger partial charge in [0.2, 0.25) is 0 Å². The number of carboxylic acid groups (broad SMARTS) is 1. The normalized spacial score (nSPS) is 10.1. The second-order valence-corrected chi connectivity index (χ2v) is 6.55. The largest absolute Gasteiger partial charge is 0.507 e. The highest BCUT2D eigenvalue weighted by molar-refractivity contribution is 5.68. The van der Waals surface area contributed by atoms with Gasteiger partial charge in [-0.1, -0.05) is 49.2 Å². The molecule has 26 heavy (non-hydrogen) atoms. The third kappa shape index (κ3) is 6.10. The monoisotopic (exact) mass is 358 g/mol. The number of phenols is 1. The van der Waals surface area contributed by atoms with E-state index in [1.807, 2.05) is 65.8 Å². The first-order chi connectivity index (χ1) is 12.2. The Hall–Kier alpha value is -2.49. The molecular formula is C22H30O4. The number of aryl methyl sites for hydroxylation is 6. The van der Waals surface area contributed by atoms with Crippen LogP contribution in [0.5, 0.6) is 11.5 Å². The first-order valence-corrected chi connectivity index (χ1v) is 8.93. The Morgan fingerprint density at radius 3 is 1.88 bits per heavy atom. The molecule has 142 valence electrons. The molecule has 0 radical (unpaired) electrons. The molecule has 2 aromatic rings. The quantitative estimate of drug-likeness (QED) is 0.798. The second-order valence-electron chi connectivity index (χ2n) is 6.55. The predicted octanol–water partition coefficient (Wildman–Crippen LogP) is 4.90. The van der Waals surface area contributed by atoms with E-state index in [4.69, 9.17) is 9.84 Å². The number of benzene rings is 2. The minimum absolute atomic E-state index is 0.281. The van der Waals surface area contributed by atoms with Crippen LogP contribution in [-0.4, -0.2) is 22.8 Å². The molecule has 4 heteroatoms. The first kappa shape index (κ1) is 21.6. The molecule has 0 saturated heterocycles. The zero-order valence-corrected chi connectivity index (χ0v) is 16.6. The van der Waals surface area contributed by atoms with E-state index in [1.54, 1.807) is 0 Å². The van der Waals surface area contributed by atoms with Gasteiger partial charge in [-0.15, -0.1) is 0 Å². The van der Waals surface area contributed by atoms with Gasteiger partial charge in [0, 0.05) is 0 Å². The smallest absolute Gasteiger partial charge is 0.341 e. The summed E-state index contributed by atoms with van der Waals surface area (Å²) < 4.78 is 5.28. The maximum absolute atomic E-state index is 10.4. The SMILES string of the molecule is CCc1cc(C)cc(C)c1O.CCc1cc(C)cc(C)c1OCC(=O)O. The molecule has 0 amide bonds.